The lowest BCUT2D eigenvalue weighted by Gasteiger charge is -2.18. The van der Waals surface area contributed by atoms with Gasteiger partial charge in [-0.3, -0.25) is 4.79 Å². The fourth-order valence-corrected chi connectivity index (χ4v) is 5.86. The quantitative estimate of drug-likeness (QED) is 0.349. The van der Waals surface area contributed by atoms with Crippen LogP contribution >= 0.6 is 23.1 Å². The van der Waals surface area contributed by atoms with Gasteiger partial charge in [-0.15, -0.1) is 11.3 Å². The van der Waals surface area contributed by atoms with Gasteiger partial charge in [0.15, 0.2) is 5.78 Å². The normalized spacial score (nSPS) is 16.7. The maximum Gasteiger partial charge on any atom is 0.173 e. The van der Waals surface area contributed by atoms with Crippen molar-refractivity contribution in [1.29, 1.82) is 0 Å². The highest BCUT2D eigenvalue weighted by atomic mass is 32.2. The zero-order valence-corrected chi connectivity index (χ0v) is 16.3. The van der Waals surface area contributed by atoms with Gasteiger partial charge in [-0.25, -0.2) is 14.4 Å². The van der Waals surface area contributed by atoms with Crippen LogP contribution in [-0.2, 0) is 12.8 Å². The van der Waals surface area contributed by atoms with E-state index in [1.54, 1.807) is 11.3 Å². The number of thioether (sulfide) groups is 1. The van der Waals surface area contributed by atoms with Gasteiger partial charge in [0.2, 0.25) is 0 Å². The molecule has 1 aliphatic rings. The van der Waals surface area contributed by atoms with Crippen molar-refractivity contribution >= 4 is 39.1 Å². The molecule has 0 radical (unpaired) electrons. The number of aromatic nitrogens is 2. The summed E-state index contributed by atoms with van der Waals surface area (Å²) in [5.74, 6) is 1.39. The lowest BCUT2D eigenvalue weighted by Crippen LogP contribution is -2.09. The van der Waals surface area contributed by atoms with E-state index in [9.17, 15) is 9.18 Å². The van der Waals surface area contributed by atoms with Gasteiger partial charge in [0.05, 0.1) is 5.75 Å². The molecule has 26 heavy (non-hydrogen) atoms. The molecular formula is C20H19FN2OS2. The minimum atomic E-state index is -0.332. The first-order chi connectivity index (χ1) is 12.5. The van der Waals surface area contributed by atoms with Gasteiger partial charge in [0.1, 0.15) is 21.5 Å². The van der Waals surface area contributed by atoms with Crippen molar-refractivity contribution in [3.8, 4) is 0 Å². The molecule has 134 valence electrons. The number of carbonyl (C=O) groups is 1. The minimum Gasteiger partial charge on any atom is -0.293 e. The van der Waals surface area contributed by atoms with Crippen LogP contribution in [-0.4, -0.2) is 21.5 Å². The summed E-state index contributed by atoms with van der Waals surface area (Å²) in [4.78, 5) is 24.1. The number of fused-ring (bicyclic) bond motifs is 3. The highest BCUT2D eigenvalue weighted by Crippen LogP contribution is 2.40. The number of hydrogen-bond donors (Lipinski definition) is 0. The van der Waals surface area contributed by atoms with Gasteiger partial charge in [0, 0.05) is 15.8 Å². The third kappa shape index (κ3) is 3.40. The summed E-state index contributed by atoms with van der Waals surface area (Å²) in [6.45, 7) is 4.19. The van der Waals surface area contributed by atoms with Crippen molar-refractivity contribution in [3.05, 3.63) is 51.9 Å². The Balaban J connectivity index is 1.63. The van der Waals surface area contributed by atoms with Gasteiger partial charge >= 0.3 is 0 Å². The number of hydrogen-bond acceptors (Lipinski definition) is 5. The van der Waals surface area contributed by atoms with Crippen LogP contribution in [0.3, 0.4) is 0 Å². The molecule has 6 heteroatoms. The number of rotatable bonds is 4. The van der Waals surface area contributed by atoms with Crippen LogP contribution in [0.25, 0.3) is 10.2 Å². The van der Waals surface area contributed by atoms with Crippen LogP contribution < -0.4 is 0 Å². The second kappa shape index (κ2) is 7.08. The Morgan fingerprint density at radius 2 is 2.08 bits per heavy atom. The second-order valence-corrected chi connectivity index (χ2v) is 8.87. The van der Waals surface area contributed by atoms with Crippen LogP contribution in [0.2, 0.25) is 0 Å². The lowest BCUT2D eigenvalue weighted by atomic mass is 9.89. The Hall–Kier alpha value is -1.79. The van der Waals surface area contributed by atoms with Crippen molar-refractivity contribution in [2.45, 2.75) is 38.1 Å². The topological polar surface area (TPSA) is 42.9 Å². The van der Waals surface area contributed by atoms with Crippen LogP contribution in [0.4, 0.5) is 4.39 Å². The molecule has 3 aromatic rings. The van der Waals surface area contributed by atoms with E-state index in [0.717, 1.165) is 33.9 Å². The Morgan fingerprint density at radius 1 is 1.31 bits per heavy atom. The number of thiophene rings is 1. The third-order valence-electron chi connectivity index (χ3n) is 4.74. The molecule has 0 N–H and O–H groups in total. The smallest absolute Gasteiger partial charge is 0.173 e. The summed E-state index contributed by atoms with van der Waals surface area (Å²) in [5, 5.41) is 2.04. The zero-order chi connectivity index (χ0) is 18.3. The van der Waals surface area contributed by atoms with E-state index in [1.807, 2.05) is 6.92 Å². The van der Waals surface area contributed by atoms with E-state index >= 15 is 0 Å². The Bertz CT molecular complexity index is 982. The molecule has 0 fully saturated rings. The molecule has 0 amide bonds. The minimum absolute atomic E-state index is 0.0165. The van der Waals surface area contributed by atoms with E-state index in [4.69, 9.17) is 0 Å². The Kier molecular flexibility index (Phi) is 4.80. The van der Waals surface area contributed by atoms with Gasteiger partial charge in [-0.1, -0.05) is 18.7 Å². The average molecular weight is 387 g/mol. The Morgan fingerprint density at radius 3 is 2.85 bits per heavy atom. The zero-order valence-electron chi connectivity index (χ0n) is 14.7. The Labute approximate surface area is 160 Å². The number of Topliss-reactive ketones (excluding diaryl/α,β-unsaturated/α-hetero) is 1. The predicted molar refractivity (Wildman–Crippen MR) is 105 cm³/mol. The summed E-state index contributed by atoms with van der Waals surface area (Å²) in [6.07, 6.45) is 3.35. The van der Waals surface area contributed by atoms with Crippen LogP contribution in [0, 0.1) is 18.7 Å². The summed E-state index contributed by atoms with van der Waals surface area (Å²) < 4.78 is 13.0. The number of aryl methyl sites for hydroxylation is 2. The number of carbonyl (C=O) groups excluding carboxylic acids is 1. The fourth-order valence-electron chi connectivity index (χ4n) is 3.37. The molecule has 1 aromatic carbocycles. The molecule has 2 aromatic heterocycles. The molecule has 1 aliphatic carbocycles. The number of halogens is 1. The monoisotopic (exact) mass is 386 g/mol. The standard InChI is InChI=1S/C20H19FN2OS2/c1-11-3-8-15-17(9-11)26-20-18(15)19(22-12(2)23-20)25-10-16(24)13-4-6-14(21)7-5-13/h4-7,11H,3,8-10H2,1-2H3/t11-/m0/s1. The van der Waals surface area contributed by atoms with Crippen LogP contribution in [0.1, 0.15) is 40.0 Å². The fraction of sp³-hybridized carbons (Fsp3) is 0.350. The molecular weight excluding hydrogens is 367 g/mol. The van der Waals surface area contributed by atoms with E-state index in [2.05, 4.69) is 16.9 Å². The van der Waals surface area contributed by atoms with E-state index in [1.165, 1.54) is 52.9 Å². The van der Waals surface area contributed by atoms with Crippen molar-refractivity contribution in [2.24, 2.45) is 5.92 Å². The number of ketones is 1. The summed E-state index contributed by atoms with van der Waals surface area (Å²) in [5.41, 5.74) is 1.90. The molecule has 2 heterocycles. The molecule has 3 nitrogen and oxygen atoms in total. The van der Waals surface area contributed by atoms with Crippen LogP contribution in [0.5, 0.6) is 0 Å². The molecule has 1 atom stereocenters. The summed E-state index contributed by atoms with van der Waals surface area (Å²) in [7, 11) is 0. The van der Waals surface area contributed by atoms with Crippen molar-refractivity contribution < 1.29 is 9.18 Å². The number of benzene rings is 1. The highest BCUT2D eigenvalue weighted by Gasteiger charge is 2.24. The van der Waals surface area contributed by atoms with Gasteiger partial charge in [-0.05, 0) is 61.9 Å². The van der Waals surface area contributed by atoms with Gasteiger partial charge in [-0.2, -0.15) is 0 Å². The average Bonchev–Trinajstić information content (AvgIpc) is 2.96. The van der Waals surface area contributed by atoms with E-state index in [0.29, 0.717) is 11.5 Å². The van der Waals surface area contributed by atoms with Crippen molar-refractivity contribution in [2.75, 3.05) is 5.75 Å². The summed E-state index contributed by atoms with van der Waals surface area (Å²) in [6, 6.07) is 5.71. The first-order valence-electron chi connectivity index (χ1n) is 8.71. The van der Waals surface area contributed by atoms with Crippen molar-refractivity contribution in [1.82, 2.24) is 9.97 Å². The lowest BCUT2D eigenvalue weighted by molar-refractivity contribution is 0.102. The van der Waals surface area contributed by atoms with Crippen molar-refractivity contribution in [3.63, 3.8) is 0 Å². The number of nitrogens with zero attached hydrogens (tertiary/aromatic N) is 2. The van der Waals surface area contributed by atoms with E-state index < -0.39 is 0 Å². The van der Waals surface area contributed by atoms with Crippen LogP contribution in [0.15, 0.2) is 29.3 Å². The maximum absolute atomic E-state index is 13.0. The van der Waals surface area contributed by atoms with Gasteiger partial charge in [0.25, 0.3) is 0 Å². The molecule has 4 rings (SSSR count). The van der Waals surface area contributed by atoms with Gasteiger partial charge < -0.3 is 0 Å². The maximum atomic E-state index is 13.0. The molecule has 0 spiro atoms. The SMILES string of the molecule is Cc1nc(SCC(=O)c2ccc(F)cc2)c2c3c(sc2n1)C[C@@H](C)CC3. The highest BCUT2D eigenvalue weighted by molar-refractivity contribution is 8.00. The first-order valence-corrected chi connectivity index (χ1v) is 10.5. The molecule has 0 saturated carbocycles. The molecule has 0 bridgehead atoms. The molecule has 0 unspecified atom stereocenters. The first kappa shape index (κ1) is 17.6. The second-order valence-electron chi connectivity index (χ2n) is 6.83. The van der Waals surface area contributed by atoms with E-state index in [-0.39, 0.29) is 17.4 Å². The largest absolute Gasteiger partial charge is 0.293 e. The molecule has 0 saturated heterocycles. The molecule has 0 aliphatic heterocycles. The third-order valence-corrected chi connectivity index (χ3v) is 6.86. The summed E-state index contributed by atoms with van der Waals surface area (Å²) >= 11 is 3.23. The predicted octanol–water partition coefficient (Wildman–Crippen LogP) is 5.24.